The number of benzene rings is 1. The second-order valence-electron chi connectivity index (χ2n) is 5.22. The molecule has 7 nitrogen and oxygen atoms in total. The molecule has 0 bridgehead atoms. The minimum Gasteiger partial charge on any atom is -0.465 e. The number of amides is 1. The Kier molecular flexibility index (Phi) is 4.62. The Morgan fingerprint density at radius 1 is 1.48 bits per heavy atom. The normalized spacial score (nSPS) is 18.0. The topological polar surface area (TPSA) is 95.7 Å². The molecule has 1 amide bonds. The molecule has 2 N–H and O–H groups in total. The lowest BCUT2D eigenvalue weighted by Crippen LogP contribution is -2.28. The summed E-state index contributed by atoms with van der Waals surface area (Å²) in [6, 6.07) is 2.75. The zero-order chi connectivity index (χ0) is 17.2. The maximum absolute atomic E-state index is 13.0. The highest BCUT2D eigenvalue weighted by molar-refractivity contribution is 5.67. The monoisotopic (exact) mass is 333 g/mol. The van der Waals surface area contributed by atoms with Gasteiger partial charge < -0.3 is 15.3 Å². The number of carboxylic acid groups (broad SMARTS) is 1. The van der Waals surface area contributed by atoms with E-state index in [-0.39, 0.29) is 19.0 Å². The summed E-state index contributed by atoms with van der Waals surface area (Å²) in [4.78, 5) is 22.1. The summed E-state index contributed by atoms with van der Waals surface area (Å²) < 4.78 is 39.0. The minimum atomic E-state index is -4.73. The molecule has 1 aliphatic heterocycles. The van der Waals surface area contributed by atoms with Crippen molar-refractivity contribution in [2.24, 2.45) is 5.92 Å². The van der Waals surface area contributed by atoms with Gasteiger partial charge >= 0.3 is 12.3 Å². The molecule has 23 heavy (non-hydrogen) atoms. The largest absolute Gasteiger partial charge is 0.465 e. The lowest BCUT2D eigenvalue weighted by atomic mass is 10.1. The predicted molar refractivity (Wildman–Crippen MR) is 74.3 cm³/mol. The minimum absolute atomic E-state index is 0.0255. The number of halogens is 3. The maximum Gasteiger partial charge on any atom is 0.418 e. The van der Waals surface area contributed by atoms with Crippen LogP contribution in [0, 0.1) is 16.0 Å². The van der Waals surface area contributed by atoms with E-state index in [1.54, 1.807) is 0 Å². The van der Waals surface area contributed by atoms with Crippen LogP contribution >= 0.6 is 0 Å². The number of carbonyl (C=O) groups is 1. The average molecular weight is 333 g/mol. The fourth-order valence-electron chi connectivity index (χ4n) is 2.53. The van der Waals surface area contributed by atoms with Crippen LogP contribution in [0.15, 0.2) is 18.2 Å². The van der Waals surface area contributed by atoms with Crippen LogP contribution in [-0.4, -0.2) is 40.7 Å². The second-order valence-corrected chi connectivity index (χ2v) is 5.22. The zero-order valence-electron chi connectivity index (χ0n) is 11.8. The Morgan fingerprint density at radius 3 is 2.70 bits per heavy atom. The van der Waals surface area contributed by atoms with Gasteiger partial charge in [0.1, 0.15) is 5.69 Å². The van der Waals surface area contributed by atoms with E-state index in [1.807, 2.05) is 0 Å². The number of nitro groups is 1. The number of nitrogens with zero attached hydrogens (tertiary/aromatic N) is 2. The van der Waals surface area contributed by atoms with Crippen molar-refractivity contribution in [3.05, 3.63) is 33.9 Å². The molecule has 1 fully saturated rings. The van der Waals surface area contributed by atoms with Crippen LogP contribution in [0.1, 0.15) is 12.0 Å². The van der Waals surface area contributed by atoms with Gasteiger partial charge in [-0.25, -0.2) is 4.79 Å². The third kappa shape index (κ3) is 3.82. The summed E-state index contributed by atoms with van der Waals surface area (Å²) in [5.74, 6) is -0.202. The third-order valence-corrected chi connectivity index (χ3v) is 3.67. The number of hydrogen-bond acceptors (Lipinski definition) is 4. The Balaban J connectivity index is 2.18. The van der Waals surface area contributed by atoms with Crippen molar-refractivity contribution in [3.8, 4) is 0 Å². The van der Waals surface area contributed by atoms with Crippen molar-refractivity contribution in [3.63, 3.8) is 0 Å². The first-order valence-electron chi connectivity index (χ1n) is 6.76. The second kappa shape index (κ2) is 6.31. The number of rotatable bonds is 4. The Labute approximate surface area is 128 Å². The van der Waals surface area contributed by atoms with E-state index < -0.39 is 34.1 Å². The van der Waals surface area contributed by atoms with Crippen LogP contribution in [-0.2, 0) is 6.18 Å². The first-order valence-corrected chi connectivity index (χ1v) is 6.76. The van der Waals surface area contributed by atoms with Gasteiger partial charge in [0.05, 0.1) is 10.5 Å². The molecule has 0 aliphatic carbocycles. The number of nitrogens with one attached hydrogen (secondary N) is 1. The van der Waals surface area contributed by atoms with Gasteiger partial charge in [-0.1, -0.05) is 6.07 Å². The predicted octanol–water partition coefficient (Wildman–Crippen LogP) is 3.03. The van der Waals surface area contributed by atoms with Gasteiger partial charge in [0.2, 0.25) is 0 Å². The number of anilines is 1. The number of likely N-dealkylation sites (tertiary alicyclic amines) is 1. The highest BCUT2D eigenvalue weighted by Gasteiger charge is 2.37. The molecule has 1 aromatic rings. The van der Waals surface area contributed by atoms with E-state index >= 15 is 0 Å². The highest BCUT2D eigenvalue weighted by Crippen LogP contribution is 2.39. The van der Waals surface area contributed by atoms with Gasteiger partial charge in [0.25, 0.3) is 5.69 Å². The smallest absolute Gasteiger partial charge is 0.418 e. The molecular formula is C13H14F3N3O4. The molecule has 0 unspecified atom stereocenters. The van der Waals surface area contributed by atoms with Crippen molar-refractivity contribution in [2.75, 3.05) is 25.0 Å². The standard InChI is InChI=1S/C13H14F3N3O4/c14-13(15,16)9-2-1-3-10(19(22)23)11(9)17-6-8-4-5-18(7-8)12(20)21/h1-3,8,17H,4-7H2,(H,20,21)/t8-/m0/s1. The van der Waals surface area contributed by atoms with E-state index in [1.165, 1.54) is 0 Å². The number of hydrogen-bond donors (Lipinski definition) is 2. The van der Waals surface area contributed by atoms with Gasteiger partial charge in [-0.2, -0.15) is 13.2 Å². The molecule has 10 heteroatoms. The fourth-order valence-corrected chi connectivity index (χ4v) is 2.53. The molecule has 0 aromatic heterocycles. The highest BCUT2D eigenvalue weighted by atomic mass is 19.4. The third-order valence-electron chi connectivity index (χ3n) is 3.67. The lowest BCUT2D eigenvalue weighted by Gasteiger charge is -2.17. The molecule has 0 spiro atoms. The average Bonchev–Trinajstić information content (AvgIpc) is 2.92. The van der Waals surface area contributed by atoms with Crippen LogP contribution < -0.4 is 5.32 Å². The van der Waals surface area contributed by atoms with Gasteiger partial charge in [-0.3, -0.25) is 10.1 Å². The van der Waals surface area contributed by atoms with Gasteiger partial charge in [0, 0.05) is 25.7 Å². The van der Waals surface area contributed by atoms with Crippen LogP contribution in [0.4, 0.5) is 29.3 Å². The summed E-state index contributed by atoms with van der Waals surface area (Å²) in [6.07, 6.45) is -5.33. The summed E-state index contributed by atoms with van der Waals surface area (Å²) in [5.41, 5.74) is -2.36. The van der Waals surface area contributed by atoms with E-state index in [9.17, 15) is 28.1 Å². The van der Waals surface area contributed by atoms with Gasteiger partial charge in [-0.05, 0) is 18.4 Å². The lowest BCUT2D eigenvalue weighted by molar-refractivity contribution is -0.384. The molecule has 1 saturated heterocycles. The quantitative estimate of drug-likeness (QED) is 0.652. The van der Waals surface area contributed by atoms with Crippen molar-refractivity contribution < 1.29 is 28.0 Å². The Hall–Kier alpha value is -2.52. The van der Waals surface area contributed by atoms with Crippen molar-refractivity contribution in [1.29, 1.82) is 0 Å². The van der Waals surface area contributed by atoms with Crippen molar-refractivity contribution in [1.82, 2.24) is 4.90 Å². The van der Waals surface area contributed by atoms with Crippen LogP contribution in [0.5, 0.6) is 0 Å². The van der Waals surface area contributed by atoms with Crippen LogP contribution in [0.25, 0.3) is 0 Å². The fraction of sp³-hybridized carbons (Fsp3) is 0.462. The maximum atomic E-state index is 13.0. The Morgan fingerprint density at radius 2 is 2.17 bits per heavy atom. The van der Waals surface area contributed by atoms with Crippen LogP contribution in [0.2, 0.25) is 0 Å². The molecule has 2 rings (SSSR count). The number of nitro benzene ring substituents is 1. The molecule has 1 atom stereocenters. The summed E-state index contributed by atoms with van der Waals surface area (Å²) >= 11 is 0. The first kappa shape index (κ1) is 16.8. The molecule has 1 heterocycles. The van der Waals surface area contributed by atoms with Crippen molar-refractivity contribution >= 4 is 17.5 Å². The van der Waals surface area contributed by atoms with E-state index in [4.69, 9.17) is 5.11 Å². The van der Waals surface area contributed by atoms with Gasteiger partial charge in [0.15, 0.2) is 0 Å². The summed E-state index contributed by atoms with van der Waals surface area (Å²) in [7, 11) is 0. The zero-order valence-corrected chi connectivity index (χ0v) is 11.8. The van der Waals surface area contributed by atoms with E-state index in [0.29, 0.717) is 13.0 Å². The SMILES string of the molecule is O=C(O)N1CC[C@@H](CNc2c([N+](=O)[O-])cccc2C(F)(F)F)C1. The number of para-hydroxylation sites is 1. The summed E-state index contributed by atoms with van der Waals surface area (Å²) in [6.45, 7) is 0.507. The summed E-state index contributed by atoms with van der Waals surface area (Å²) in [5, 5.41) is 22.3. The Bertz CT molecular complexity index is 621. The molecule has 1 aromatic carbocycles. The van der Waals surface area contributed by atoms with Gasteiger partial charge in [-0.15, -0.1) is 0 Å². The molecular weight excluding hydrogens is 319 g/mol. The van der Waals surface area contributed by atoms with E-state index in [0.717, 1.165) is 23.1 Å². The number of alkyl halides is 3. The molecule has 126 valence electrons. The van der Waals surface area contributed by atoms with Crippen molar-refractivity contribution in [2.45, 2.75) is 12.6 Å². The molecule has 1 aliphatic rings. The molecule has 0 radical (unpaired) electrons. The molecule has 0 saturated carbocycles. The van der Waals surface area contributed by atoms with E-state index in [2.05, 4.69) is 5.32 Å². The van der Waals surface area contributed by atoms with Crippen LogP contribution in [0.3, 0.4) is 0 Å². The first-order chi connectivity index (χ1) is 10.7.